The molecule has 0 saturated carbocycles. The van der Waals surface area contributed by atoms with Crippen molar-refractivity contribution in [3.8, 4) is 5.75 Å². The number of nitrogens with one attached hydrogen (secondary N) is 2. The summed E-state index contributed by atoms with van der Waals surface area (Å²) in [7, 11) is 0. The van der Waals surface area contributed by atoms with E-state index in [9.17, 15) is 9.59 Å². The van der Waals surface area contributed by atoms with Crippen LogP contribution in [0.15, 0.2) is 59.7 Å². The monoisotopic (exact) mass is 466 g/mol. The number of aromatic nitrogens is 4. The molecule has 2 heterocycles. The molecule has 0 bridgehead atoms. The number of hydrogen-bond donors (Lipinski definition) is 2. The summed E-state index contributed by atoms with van der Waals surface area (Å²) >= 11 is 6.12. The Morgan fingerprint density at radius 3 is 2.64 bits per heavy atom. The first-order valence-corrected chi connectivity index (χ1v) is 10.7. The molecule has 4 aromatic rings. The van der Waals surface area contributed by atoms with Gasteiger partial charge < -0.3 is 15.4 Å². The highest BCUT2D eigenvalue weighted by Gasteiger charge is 2.13. The Hall–Kier alpha value is -3.85. The summed E-state index contributed by atoms with van der Waals surface area (Å²) in [4.78, 5) is 33.7. The van der Waals surface area contributed by atoms with E-state index in [4.69, 9.17) is 16.3 Å². The summed E-state index contributed by atoms with van der Waals surface area (Å²) in [6, 6.07) is 13.3. The number of rotatable bonds is 6. The summed E-state index contributed by atoms with van der Waals surface area (Å²) in [5.41, 5.74) is 2.04. The van der Waals surface area contributed by atoms with E-state index in [0.717, 1.165) is 5.56 Å². The van der Waals surface area contributed by atoms with Crippen LogP contribution in [0.3, 0.4) is 0 Å². The van der Waals surface area contributed by atoms with Crippen molar-refractivity contribution in [2.45, 2.75) is 33.4 Å². The number of anilines is 2. The van der Waals surface area contributed by atoms with Gasteiger partial charge in [0.25, 0.3) is 11.3 Å². The van der Waals surface area contributed by atoms with Gasteiger partial charge in [-0.2, -0.15) is 9.50 Å². The zero-order valence-corrected chi connectivity index (χ0v) is 19.1. The van der Waals surface area contributed by atoms with Crippen molar-refractivity contribution < 1.29 is 9.53 Å². The molecule has 0 aliphatic carbocycles. The van der Waals surface area contributed by atoms with Gasteiger partial charge in [0.05, 0.1) is 11.4 Å². The maximum atomic E-state index is 12.6. The highest BCUT2D eigenvalue weighted by Crippen LogP contribution is 2.26. The molecule has 2 amide bonds. The van der Waals surface area contributed by atoms with E-state index in [-0.39, 0.29) is 18.2 Å². The number of halogens is 1. The summed E-state index contributed by atoms with van der Waals surface area (Å²) in [6.07, 6.45) is 1.58. The molecular weight excluding hydrogens is 444 g/mol. The van der Waals surface area contributed by atoms with Gasteiger partial charge in [0.2, 0.25) is 0 Å². The largest absolute Gasteiger partial charge is 0.485 e. The van der Waals surface area contributed by atoms with Gasteiger partial charge in [-0.15, -0.1) is 0 Å². The molecule has 10 heteroatoms. The number of nitrogens with zero attached hydrogens (tertiary/aromatic N) is 4. The SMILES string of the molecule is Cc1c(Cl)cccc1NC(=O)Nc1ccccc1OCc1cc(=O)n2c(ncn2C(C)C)n1. The molecule has 0 aliphatic rings. The third-order valence-corrected chi connectivity index (χ3v) is 5.42. The molecule has 0 unspecified atom stereocenters. The molecule has 0 aliphatic heterocycles. The average Bonchev–Trinajstić information content (AvgIpc) is 3.21. The molecule has 33 heavy (non-hydrogen) atoms. The first-order chi connectivity index (χ1) is 15.8. The molecule has 9 nitrogen and oxygen atoms in total. The molecule has 4 rings (SSSR count). The lowest BCUT2D eigenvalue weighted by Crippen LogP contribution is -2.23. The van der Waals surface area contributed by atoms with Crippen molar-refractivity contribution in [2.24, 2.45) is 0 Å². The zero-order valence-electron chi connectivity index (χ0n) is 18.4. The highest BCUT2D eigenvalue weighted by atomic mass is 35.5. The zero-order chi connectivity index (χ0) is 23.5. The number of fused-ring (bicyclic) bond motifs is 1. The molecule has 2 N–H and O–H groups in total. The van der Waals surface area contributed by atoms with Gasteiger partial charge in [-0.25, -0.2) is 9.78 Å². The van der Waals surface area contributed by atoms with Crippen LogP contribution in [0, 0.1) is 6.92 Å². The van der Waals surface area contributed by atoms with Crippen molar-refractivity contribution in [1.29, 1.82) is 0 Å². The average molecular weight is 467 g/mol. The van der Waals surface area contributed by atoms with Crippen LogP contribution in [-0.2, 0) is 6.61 Å². The quantitative estimate of drug-likeness (QED) is 0.430. The van der Waals surface area contributed by atoms with Crippen LogP contribution in [0.2, 0.25) is 5.02 Å². The predicted octanol–water partition coefficient (Wildman–Crippen LogP) is 4.66. The topological polar surface area (TPSA) is 103 Å². The smallest absolute Gasteiger partial charge is 0.323 e. The van der Waals surface area contributed by atoms with E-state index >= 15 is 0 Å². The number of carbonyl (C=O) groups excluding carboxylic acids is 1. The highest BCUT2D eigenvalue weighted by molar-refractivity contribution is 6.31. The minimum Gasteiger partial charge on any atom is -0.485 e. The molecule has 0 atom stereocenters. The fourth-order valence-electron chi connectivity index (χ4n) is 3.28. The van der Waals surface area contributed by atoms with Crippen LogP contribution in [0.5, 0.6) is 5.75 Å². The number of urea groups is 1. The first kappa shape index (κ1) is 22.3. The lowest BCUT2D eigenvalue weighted by atomic mass is 10.2. The third kappa shape index (κ3) is 4.83. The fraction of sp³-hybridized carbons (Fsp3) is 0.217. The van der Waals surface area contributed by atoms with Gasteiger partial charge in [-0.1, -0.05) is 29.8 Å². The molecular formula is C23H23ClN6O3. The molecule has 0 fully saturated rings. The Balaban J connectivity index is 1.48. The van der Waals surface area contributed by atoms with Gasteiger partial charge in [0, 0.05) is 22.8 Å². The Kier molecular flexibility index (Phi) is 6.32. The van der Waals surface area contributed by atoms with E-state index in [1.165, 1.54) is 10.6 Å². The van der Waals surface area contributed by atoms with Gasteiger partial charge >= 0.3 is 6.03 Å². The maximum absolute atomic E-state index is 12.6. The van der Waals surface area contributed by atoms with Crippen LogP contribution in [0.25, 0.3) is 5.78 Å². The number of para-hydroxylation sites is 2. The second-order valence-corrected chi connectivity index (χ2v) is 8.10. The van der Waals surface area contributed by atoms with Crippen molar-refractivity contribution >= 4 is 34.8 Å². The summed E-state index contributed by atoms with van der Waals surface area (Å²) in [5, 5.41) is 6.13. The van der Waals surface area contributed by atoms with Crippen LogP contribution in [0.4, 0.5) is 16.2 Å². The normalized spacial score (nSPS) is 11.1. The second-order valence-electron chi connectivity index (χ2n) is 7.69. The van der Waals surface area contributed by atoms with Gasteiger partial charge in [-0.05, 0) is 50.6 Å². The number of amides is 2. The first-order valence-electron chi connectivity index (χ1n) is 10.3. The van der Waals surface area contributed by atoms with Crippen molar-refractivity contribution in [2.75, 3.05) is 10.6 Å². The predicted molar refractivity (Wildman–Crippen MR) is 127 cm³/mol. The summed E-state index contributed by atoms with van der Waals surface area (Å²) in [5.74, 6) is 0.739. The van der Waals surface area contributed by atoms with E-state index in [0.29, 0.717) is 33.6 Å². The minimum atomic E-state index is -0.437. The van der Waals surface area contributed by atoms with Crippen molar-refractivity contribution in [3.63, 3.8) is 0 Å². The van der Waals surface area contributed by atoms with Crippen LogP contribution < -0.4 is 20.9 Å². The van der Waals surface area contributed by atoms with E-state index in [2.05, 4.69) is 20.6 Å². The molecule has 0 radical (unpaired) electrons. The molecule has 0 saturated heterocycles. The van der Waals surface area contributed by atoms with Crippen LogP contribution >= 0.6 is 11.6 Å². The standard InChI is InChI=1S/C23H23ClN6O3/c1-14(2)29-13-25-22-26-16(11-21(31)30(22)29)12-33-20-10-5-4-8-19(20)28-23(32)27-18-9-6-7-17(24)15(18)3/h4-11,13-14H,12H2,1-3H3,(H2,27,28,32). The number of ether oxygens (including phenoxy) is 1. The van der Waals surface area contributed by atoms with Gasteiger partial charge in [0.15, 0.2) is 0 Å². The van der Waals surface area contributed by atoms with Gasteiger partial charge in [0.1, 0.15) is 18.7 Å². The number of hydrogen-bond acceptors (Lipinski definition) is 5. The van der Waals surface area contributed by atoms with Crippen LogP contribution in [-0.4, -0.2) is 25.2 Å². The molecule has 2 aromatic heterocycles. The lowest BCUT2D eigenvalue weighted by Gasteiger charge is -2.14. The molecule has 170 valence electrons. The minimum absolute atomic E-state index is 0.0357. The van der Waals surface area contributed by atoms with Crippen molar-refractivity contribution in [3.05, 3.63) is 81.5 Å². The Morgan fingerprint density at radius 1 is 1.12 bits per heavy atom. The number of carbonyl (C=O) groups is 1. The lowest BCUT2D eigenvalue weighted by molar-refractivity contribution is 0.261. The molecule has 0 spiro atoms. The van der Waals surface area contributed by atoms with E-state index in [1.54, 1.807) is 53.5 Å². The van der Waals surface area contributed by atoms with Crippen molar-refractivity contribution in [1.82, 2.24) is 19.2 Å². The summed E-state index contributed by atoms with van der Waals surface area (Å²) < 4.78 is 9.01. The number of benzene rings is 2. The van der Waals surface area contributed by atoms with E-state index in [1.807, 2.05) is 20.8 Å². The second kappa shape index (κ2) is 9.33. The fourth-order valence-corrected chi connectivity index (χ4v) is 3.45. The maximum Gasteiger partial charge on any atom is 0.323 e. The Bertz CT molecular complexity index is 1380. The van der Waals surface area contributed by atoms with Crippen LogP contribution in [0.1, 0.15) is 31.1 Å². The molecule has 2 aromatic carbocycles. The summed E-state index contributed by atoms with van der Waals surface area (Å²) in [6.45, 7) is 5.77. The third-order valence-electron chi connectivity index (χ3n) is 5.01. The van der Waals surface area contributed by atoms with Gasteiger partial charge in [-0.3, -0.25) is 9.48 Å². The Morgan fingerprint density at radius 2 is 1.85 bits per heavy atom. The Labute approximate surface area is 195 Å². The van der Waals surface area contributed by atoms with E-state index < -0.39 is 6.03 Å².